The van der Waals surface area contributed by atoms with Crippen LogP contribution in [0.3, 0.4) is 0 Å². The molecule has 0 aliphatic heterocycles. The molecule has 0 aliphatic rings. The lowest BCUT2D eigenvalue weighted by molar-refractivity contribution is 1.10. The summed E-state index contributed by atoms with van der Waals surface area (Å²) in [6, 6.07) is 14.4. The van der Waals surface area contributed by atoms with Crippen molar-refractivity contribution in [1.82, 2.24) is 0 Å². The highest BCUT2D eigenvalue weighted by molar-refractivity contribution is 5.94. The summed E-state index contributed by atoms with van der Waals surface area (Å²) >= 11 is 0. The maximum absolute atomic E-state index is 3.99. The number of benzene rings is 2. The second kappa shape index (κ2) is 4.62. The number of fused-ring (bicyclic) bond motifs is 1. The third kappa shape index (κ3) is 1.82. The second-order valence-electron chi connectivity index (χ2n) is 3.47. The third-order valence-corrected chi connectivity index (χ3v) is 2.46. The first-order valence-corrected chi connectivity index (χ1v) is 5.23. The van der Waals surface area contributed by atoms with E-state index >= 15 is 0 Å². The van der Waals surface area contributed by atoms with E-state index in [4.69, 9.17) is 0 Å². The van der Waals surface area contributed by atoms with Gasteiger partial charge in [0, 0.05) is 18.3 Å². The van der Waals surface area contributed by atoms with Crippen LogP contribution < -0.4 is 5.01 Å². The van der Waals surface area contributed by atoms with Gasteiger partial charge >= 0.3 is 0 Å². The van der Waals surface area contributed by atoms with Gasteiger partial charge in [-0.3, -0.25) is 0 Å². The van der Waals surface area contributed by atoms with Crippen LogP contribution in [0.2, 0.25) is 0 Å². The van der Waals surface area contributed by atoms with E-state index in [1.165, 1.54) is 10.8 Å². The fourth-order valence-electron chi connectivity index (χ4n) is 1.75. The topological polar surface area (TPSA) is 15.6 Å². The van der Waals surface area contributed by atoms with Crippen molar-refractivity contribution < 1.29 is 0 Å². The van der Waals surface area contributed by atoms with Crippen LogP contribution in [0.15, 0.2) is 59.8 Å². The van der Waals surface area contributed by atoms with Gasteiger partial charge in [-0.25, -0.2) is 5.01 Å². The predicted octanol–water partition coefficient (Wildman–Crippen LogP) is 3.80. The number of hydrazone groups is 1. The molecule has 2 aromatic rings. The van der Waals surface area contributed by atoms with Crippen molar-refractivity contribution in [1.29, 1.82) is 0 Å². The SMILES string of the molecule is C=NN(/C=C\C)c1cccc2ccccc12. The van der Waals surface area contributed by atoms with Crippen LogP contribution in [-0.2, 0) is 0 Å². The molecular formula is C14H14N2. The molecule has 0 spiro atoms. The Hall–Kier alpha value is -2.09. The van der Waals surface area contributed by atoms with Crippen molar-refractivity contribution >= 4 is 23.2 Å². The van der Waals surface area contributed by atoms with Gasteiger partial charge in [0.2, 0.25) is 0 Å². The molecule has 80 valence electrons. The van der Waals surface area contributed by atoms with E-state index in [0.29, 0.717) is 0 Å². The fourth-order valence-corrected chi connectivity index (χ4v) is 1.75. The number of hydrogen-bond acceptors (Lipinski definition) is 2. The minimum absolute atomic E-state index is 1.05. The standard InChI is InChI=1S/C14H14N2/c1-3-11-16(15-2)14-10-6-8-12-7-4-5-9-13(12)14/h3-11H,2H2,1H3/b11-3-. The van der Waals surface area contributed by atoms with E-state index in [0.717, 1.165) is 5.69 Å². The molecule has 2 rings (SSSR count). The molecule has 0 saturated heterocycles. The molecule has 0 atom stereocenters. The van der Waals surface area contributed by atoms with Crippen LogP contribution in [0.5, 0.6) is 0 Å². The molecule has 0 N–H and O–H groups in total. The minimum atomic E-state index is 1.05. The van der Waals surface area contributed by atoms with Crippen LogP contribution in [0, 0.1) is 0 Å². The van der Waals surface area contributed by atoms with Gasteiger partial charge in [-0.1, -0.05) is 42.5 Å². The van der Waals surface area contributed by atoms with Crippen LogP contribution in [0.4, 0.5) is 5.69 Å². The number of allylic oxidation sites excluding steroid dienone is 1. The van der Waals surface area contributed by atoms with Gasteiger partial charge < -0.3 is 0 Å². The summed E-state index contributed by atoms with van der Waals surface area (Å²) in [7, 11) is 0. The lowest BCUT2D eigenvalue weighted by atomic mass is 10.1. The third-order valence-electron chi connectivity index (χ3n) is 2.46. The molecule has 0 amide bonds. The minimum Gasteiger partial charge on any atom is -0.241 e. The monoisotopic (exact) mass is 210 g/mol. The quantitative estimate of drug-likeness (QED) is 0.555. The van der Waals surface area contributed by atoms with Gasteiger partial charge in [0.1, 0.15) is 0 Å². The number of anilines is 1. The van der Waals surface area contributed by atoms with E-state index < -0.39 is 0 Å². The Morgan fingerprint density at radius 2 is 1.88 bits per heavy atom. The molecule has 0 bridgehead atoms. The zero-order valence-electron chi connectivity index (χ0n) is 9.30. The largest absolute Gasteiger partial charge is 0.241 e. The molecule has 2 nitrogen and oxygen atoms in total. The summed E-state index contributed by atoms with van der Waals surface area (Å²) in [5.74, 6) is 0. The summed E-state index contributed by atoms with van der Waals surface area (Å²) in [5, 5.41) is 8.16. The molecule has 0 unspecified atom stereocenters. The van der Waals surface area contributed by atoms with Gasteiger partial charge in [0.15, 0.2) is 0 Å². The molecule has 0 aliphatic carbocycles. The Balaban J connectivity index is 2.63. The number of hydrogen-bond donors (Lipinski definition) is 0. The molecule has 0 saturated carbocycles. The highest BCUT2D eigenvalue weighted by Crippen LogP contribution is 2.26. The van der Waals surface area contributed by atoms with E-state index in [1.54, 1.807) is 5.01 Å². The van der Waals surface area contributed by atoms with Crippen molar-refractivity contribution in [2.75, 3.05) is 5.01 Å². The first-order chi connectivity index (χ1) is 7.86. The zero-order valence-corrected chi connectivity index (χ0v) is 9.30. The Morgan fingerprint density at radius 3 is 2.62 bits per heavy atom. The lowest BCUT2D eigenvalue weighted by Crippen LogP contribution is -2.06. The van der Waals surface area contributed by atoms with Gasteiger partial charge in [0.25, 0.3) is 0 Å². The summed E-state index contributed by atoms with van der Waals surface area (Å²) in [6.07, 6.45) is 3.84. The van der Waals surface area contributed by atoms with E-state index in [1.807, 2.05) is 43.5 Å². The average molecular weight is 210 g/mol. The summed E-state index contributed by atoms with van der Waals surface area (Å²) in [6.45, 7) is 5.55. The molecule has 2 aromatic carbocycles. The molecule has 0 fully saturated rings. The molecular weight excluding hydrogens is 196 g/mol. The van der Waals surface area contributed by atoms with Gasteiger partial charge in [-0.2, -0.15) is 5.10 Å². The lowest BCUT2D eigenvalue weighted by Gasteiger charge is -2.15. The Kier molecular flexibility index (Phi) is 3.01. The van der Waals surface area contributed by atoms with E-state index in [-0.39, 0.29) is 0 Å². The molecule has 16 heavy (non-hydrogen) atoms. The van der Waals surface area contributed by atoms with Crippen molar-refractivity contribution in [2.24, 2.45) is 5.10 Å². The maximum Gasteiger partial charge on any atom is 0.0723 e. The van der Waals surface area contributed by atoms with Gasteiger partial charge in [0.05, 0.1) is 5.69 Å². The first-order valence-electron chi connectivity index (χ1n) is 5.23. The normalized spacial score (nSPS) is 10.8. The smallest absolute Gasteiger partial charge is 0.0723 e. The fraction of sp³-hybridized carbons (Fsp3) is 0.0714. The van der Waals surface area contributed by atoms with Gasteiger partial charge in [-0.05, 0) is 18.4 Å². The summed E-state index contributed by atoms with van der Waals surface area (Å²) in [5.41, 5.74) is 1.05. The van der Waals surface area contributed by atoms with Crippen molar-refractivity contribution in [3.63, 3.8) is 0 Å². The highest BCUT2D eigenvalue weighted by Gasteiger charge is 2.04. The van der Waals surface area contributed by atoms with Crippen LogP contribution in [0.25, 0.3) is 10.8 Å². The number of nitrogens with zero attached hydrogens (tertiary/aromatic N) is 2. The van der Waals surface area contributed by atoms with Gasteiger partial charge in [-0.15, -0.1) is 0 Å². The van der Waals surface area contributed by atoms with E-state index in [9.17, 15) is 0 Å². The zero-order chi connectivity index (χ0) is 11.4. The molecule has 0 heterocycles. The Morgan fingerprint density at radius 1 is 1.12 bits per heavy atom. The van der Waals surface area contributed by atoms with Crippen LogP contribution in [-0.4, -0.2) is 6.72 Å². The predicted molar refractivity (Wildman–Crippen MR) is 70.8 cm³/mol. The molecule has 2 heteroatoms. The van der Waals surface area contributed by atoms with Crippen LogP contribution in [0.1, 0.15) is 6.92 Å². The molecule has 0 radical (unpaired) electrons. The average Bonchev–Trinajstić information content (AvgIpc) is 2.35. The number of rotatable bonds is 3. The highest BCUT2D eigenvalue weighted by atomic mass is 15.4. The summed E-state index contributed by atoms with van der Waals surface area (Å²) < 4.78 is 0. The first kappa shape index (κ1) is 10.4. The maximum atomic E-state index is 3.99. The second-order valence-corrected chi connectivity index (χ2v) is 3.47. The summed E-state index contributed by atoms with van der Waals surface area (Å²) in [4.78, 5) is 0. The van der Waals surface area contributed by atoms with Crippen LogP contribution >= 0.6 is 0 Å². The van der Waals surface area contributed by atoms with Crippen molar-refractivity contribution in [3.8, 4) is 0 Å². The van der Waals surface area contributed by atoms with E-state index in [2.05, 4.69) is 30.0 Å². The van der Waals surface area contributed by atoms with Crippen molar-refractivity contribution in [2.45, 2.75) is 6.92 Å². The van der Waals surface area contributed by atoms with Crippen molar-refractivity contribution in [3.05, 3.63) is 54.7 Å². The Bertz CT molecular complexity index is 524. The molecule has 0 aromatic heterocycles. The Labute approximate surface area is 95.5 Å².